The number of hydrogen-bond donors (Lipinski definition) is 1. The summed E-state index contributed by atoms with van der Waals surface area (Å²) in [7, 11) is 0. The van der Waals surface area contributed by atoms with Crippen LogP contribution in [0, 0.1) is 23.1 Å². The molecular weight excluding hydrogens is 247 g/mol. The number of hydrogen-bond acceptors (Lipinski definition) is 3. The highest BCUT2D eigenvalue weighted by Crippen LogP contribution is 2.14. The van der Waals surface area contributed by atoms with E-state index in [-0.39, 0.29) is 12.1 Å². The van der Waals surface area contributed by atoms with Crippen molar-refractivity contribution in [2.75, 3.05) is 13.1 Å². The number of nitriles is 1. The van der Waals surface area contributed by atoms with E-state index in [4.69, 9.17) is 10.4 Å². The zero-order chi connectivity index (χ0) is 14.4. The molecule has 0 heterocycles. The number of carboxylic acid groups (broad SMARTS) is 1. The maximum Gasteiger partial charge on any atom is 0.317 e. The Hall–Kier alpha value is -1.93. The summed E-state index contributed by atoms with van der Waals surface area (Å²) in [6.45, 7) is 4.82. The van der Waals surface area contributed by atoms with Crippen LogP contribution in [0.25, 0.3) is 0 Å². The Bertz CT molecular complexity index is 495. The second-order valence-electron chi connectivity index (χ2n) is 4.87. The first-order valence-corrected chi connectivity index (χ1v) is 6.05. The predicted molar refractivity (Wildman–Crippen MR) is 68.9 cm³/mol. The van der Waals surface area contributed by atoms with Gasteiger partial charge in [0.1, 0.15) is 5.82 Å². The second-order valence-corrected chi connectivity index (χ2v) is 4.87. The molecule has 0 aliphatic carbocycles. The first-order valence-electron chi connectivity index (χ1n) is 6.05. The Kier molecular flexibility index (Phi) is 5.46. The van der Waals surface area contributed by atoms with Gasteiger partial charge in [0.25, 0.3) is 0 Å². The molecule has 1 rings (SSSR count). The van der Waals surface area contributed by atoms with Gasteiger partial charge in [-0.15, -0.1) is 0 Å². The zero-order valence-corrected chi connectivity index (χ0v) is 11.1. The van der Waals surface area contributed by atoms with E-state index >= 15 is 0 Å². The van der Waals surface area contributed by atoms with Crippen LogP contribution in [0.4, 0.5) is 4.39 Å². The Balaban J connectivity index is 2.89. The first kappa shape index (κ1) is 15.1. The summed E-state index contributed by atoms with van der Waals surface area (Å²) in [4.78, 5) is 12.6. The number of halogens is 1. The van der Waals surface area contributed by atoms with Crippen molar-refractivity contribution in [2.24, 2.45) is 5.92 Å². The monoisotopic (exact) mass is 264 g/mol. The minimum Gasteiger partial charge on any atom is -0.480 e. The van der Waals surface area contributed by atoms with Crippen molar-refractivity contribution in [3.63, 3.8) is 0 Å². The summed E-state index contributed by atoms with van der Waals surface area (Å²) in [6, 6.07) is 5.92. The number of nitrogens with zero attached hydrogens (tertiary/aromatic N) is 2. The molecule has 0 aliphatic rings. The van der Waals surface area contributed by atoms with Gasteiger partial charge in [0.2, 0.25) is 0 Å². The van der Waals surface area contributed by atoms with E-state index in [0.29, 0.717) is 24.6 Å². The third-order valence-electron chi connectivity index (χ3n) is 2.57. The average Bonchev–Trinajstić information content (AvgIpc) is 2.29. The Labute approximate surface area is 112 Å². The second kappa shape index (κ2) is 6.86. The lowest BCUT2D eigenvalue weighted by Crippen LogP contribution is -2.32. The van der Waals surface area contributed by atoms with Gasteiger partial charge in [-0.25, -0.2) is 4.39 Å². The van der Waals surface area contributed by atoms with Gasteiger partial charge in [-0.1, -0.05) is 19.9 Å². The van der Waals surface area contributed by atoms with Gasteiger partial charge >= 0.3 is 5.97 Å². The highest BCUT2D eigenvalue weighted by molar-refractivity contribution is 5.69. The van der Waals surface area contributed by atoms with Gasteiger partial charge in [0.05, 0.1) is 18.2 Å². The van der Waals surface area contributed by atoms with Crippen molar-refractivity contribution < 1.29 is 14.3 Å². The molecule has 1 aromatic rings. The molecule has 0 aliphatic heterocycles. The van der Waals surface area contributed by atoms with Gasteiger partial charge in [0, 0.05) is 13.1 Å². The van der Waals surface area contributed by atoms with Crippen LogP contribution in [-0.4, -0.2) is 29.1 Å². The summed E-state index contributed by atoms with van der Waals surface area (Å²) < 4.78 is 13.0. The molecule has 0 amide bonds. The molecule has 0 atom stereocenters. The van der Waals surface area contributed by atoms with Crippen molar-refractivity contribution in [3.8, 4) is 6.07 Å². The number of aliphatic carboxylic acids is 1. The van der Waals surface area contributed by atoms with Gasteiger partial charge in [0.15, 0.2) is 0 Å². The highest BCUT2D eigenvalue weighted by atomic mass is 19.1. The van der Waals surface area contributed by atoms with Crippen LogP contribution in [0.15, 0.2) is 18.2 Å². The van der Waals surface area contributed by atoms with Gasteiger partial charge < -0.3 is 5.11 Å². The standard InChI is InChI=1S/C14H17FN2O2/c1-10(2)7-17(9-14(18)19)8-11-3-4-13(15)5-12(11)6-16/h3-5,10H,7-9H2,1-2H3,(H,18,19). The van der Waals surface area contributed by atoms with Crippen LogP contribution in [0.1, 0.15) is 25.0 Å². The minimum atomic E-state index is -0.915. The topological polar surface area (TPSA) is 64.3 Å². The van der Waals surface area contributed by atoms with Crippen LogP contribution in [0.2, 0.25) is 0 Å². The summed E-state index contributed by atoms with van der Waals surface area (Å²) in [5.74, 6) is -1.07. The maximum absolute atomic E-state index is 13.0. The summed E-state index contributed by atoms with van der Waals surface area (Å²) in [5, 5.41) is 17.8. The number of carboxylic acids is 1. The molecule has 0 unspecified atom stereocenters. The number of carbonyl (C=O) groups is 1. The summed E-state index contributed by atoms with van der Waals surface area (Å²) in [6.07, 6.45) is 0. The average molecular weight is 264 g/mol. The van der Waals surface area contributed by atoms with E-state index in [1.165, 1.54) is 18.2 Å². The molecular formula is C14H17FN2O2. The lowest BCUT2D eigenvalue weighted by molar-refractivity contribution is -0.138. The van der Waals surface area contributed by atoms with Crippen LogP contribution >= 0.6 is 0 Å². The van der Waals surface area contributed by atoms with Gasteiger partial charge in [-0.05, 0) is 23.6 Å². The fraction of sp³-hybridized carbons (Fsp3) is 0.429. The third kappa shape index (κ3) is 5.06. The van der Waals surface area contributed by atoms with E-state index < -0.39 is 11.8 Å². The SMILES string of the molecule is CC(C)CN(CC(=O)O)Cc1ccc(F)cc1C#N. The van der Waals surface area contributed by atoms with Gasteiger partial charge in [-0.2, -0.15) is 5.26 Å². The maximum atomic E-state index is 13.0. The summed E-state index contributed by atoms with van der Waals surface area (Å²) in [5.41, 5.74) is 0.893. The van der Waals surface area contributed by atoms with Crippen molar-refractivity contribution in [3.05, 3.63) is 35.1 Å². The molecule has 0 saturated carbocycles. The molecule has 5 heteroatoms. The van der Waals surface area contributed by atoms with Crippen molar-refractivity contribution in [2.45, 2.75) is 20.4 Å². The fourth-order valence-electron chi connectivity index (χ4n) is 1.92. The molecule has 0 spiro atoms. The minimum absolute atomic E-state index is 0.0968. The molecule has 0 aromatic heterocycles. The van der Waals surface area contributed by atoms with E-state index in [1.54, 1.807) is 4.90 Å². The lowest BCUT2D eigenvalue weighted by Gasteiger charge is -2.22. The Morgan fingerprint density at radius 1 is 1.53 bits per heavy atom. The van der Waals surface area contributed by atoms with E-state index in [2.05, 4.69) is 0 Å². The molecule has 0 saturated heterocycles. The number of benzene rings is 1. The van der Waals surface area contributed by atoms with Crippen LogP contribution in [-0.2, 0) is 11.3 Å². The van der Waals surface area contributed by atoms with Crippen molar-refractivity contribution >= 4 is 5.97 Å². The zero-order valence-electron chi connectivity index (χ0n) is 11.1. The van der Waals surface area contributed by atoms with Crippen LogP contribution in [0.5, 0.6) is 0 Å². The van der Waals surface area contributed by atoms with Crippen LogP contribution in [0.3, 0.4) is 0 Å². The molecule has 4 nitrogen and oxygen atoms in total. The van der Waals surface area contributed by atoms with Crippen molar-refractivity contribution in [1.29, 1.82) is 5.26 Å². The van der Waals surface area contributed by atoms with Crippen LogP contribution < -0.4 is 0 Å². The smallest absolute Gasteiger partial charge is 0.317 e. The largest absolute Gasteiger partial charge is 0.480 e. The van der Waals surface area contributed by atoms with E-state index in [9.17, 15) is 9.18 Å². The molecule has 0 radical (unpaired) electrons. The molecule has 102 valence electrons. The Morgan fingerprint density at radius 3 is 2.74 bits per heavy atom. The highest BCUT2D eigenvalue weighted by Gasteiger charge is 2.14. The van der Waals surface area contributed by atoms with Gasteiger partial charge in [-0.3, -0.25) is 9.69 Å². The number of rotatable bonds is 6. The lowest BCUT2D eigenvalue weighted by atomic mass is 10.1. The quantitative estimate of drug-likeness (QED) is 0.855. The third-order valence-corrected chi connectivity index (χ3v) is 2.57. The molecule has 0 bridgehead atoms. The van der Waals surface area contributed by atoms with E-state index in [1.807, 2.05) is 19.9 Å². The molecule has 1 N–H and O–H groups in total. The Morgan fingerprint density at radius 2 is 2.21 bits per heavy atom. The predicted octanol–water partition coefficient (Wildman–Crippen LogP) is 2.24. The first-order chi connectivity index (χ1) is 8.92. The van der Waals surface area contributed by atoms with E-state index in [0.717, 1.165) is 0 Å². The van der Waals surface area contributed by atoms with Crippen molar-refractivity contribution in [1.82, 2.24) is 4.90 Å². The molecule has 0 fully saturated rings. The molecule has 19 heavy (non-hydrogen) atoms. The molecule has 1 aromatic carbocycles. The fourth-order valence-corrected chi connectivity index (χ4v) is 1.92. The normalized spacial score (nSPS) is 10.7. The summed E-state index contributed by atoms with van der Waals surface area (Å²) >= 11 is 0.